The molecule has 0 saturated heterocycles. The van der Waals surface area contributed by atoms with E-state index in [1.807, 2.05) is 0 Å². The monoisotopic (exact) mass is 261 g/mol. The van der Waals surface area contributed by atoms with E-state index in [9.17, 15) is 5.11 Å². The Morgan fingerprint density at radius 3 is 2.84 bits per heavy atom. The first-order valence-electron chi connectivity index (χ1n) is 7.80. The molecular formula is C17H27NO. The van der Waals surface area contributed by atoms with E-state index in [-0.39, 0.29) is 11.5 Å². The van der Waals surface area contributed by atoms with Gasteiger partial charge < -0.3 is 9.67 Å². The van der Waals surface area contributed by atoms with Gasteiger partial charge in [-0.25, -0.2) is 0 Å². The highest BCUT2D eigenvalue weighted by atomic mass is 16.3. The summed E-state index contributed by atoms with van der Waals surface area (Å²) in [5, 5.41) is 10.3. The van der Waals surface area contributed by atoms with E-state index in [0.29, 0.717) is 0 Å². The summed E-state index contributed by atoms with van der Waals surface area (Å²) in [7, 11) is 0. The second kappa shape index (κ2) is 4.66. The molecule has 0 amide bonds. The van der Waals surface area contributed by atoms with Gasteiger partial charge in [0.15, 0.2) is 0 Å². The first-order chi connectivity index (χ1) is 8.94. The Labute approximate surface area is 116 Å². The largest absolute Gasteiger partial charge is 0.388 e. The van der Waals surface area contributed by atoms with Crippen molar-refractivity contribution in [3.05, 3.63) is 23.5 Å². The molecule has 2 aliphatic rings. The molecule has 106 valence electrons. The molecule has 1 saturated carbocycles. The first kappa shape index (κ1) is 13.2. The predicted octanol–water partition coefficient (Wildman–Crippen LogP) is 3.93. The van der Waals surface area contributed by atoms with Gasteiger partial charge in [-0.3, -0.25) is 0 Å². The van der Waals surface area contributed by atoms with Crippen LogP contribution in [0.2, 0.25) is 0 Å². The maximum Gasteiger partial charge on any atom is 0.0812 e. The highest BCUT2D eigenvalue weighted by molar-refractivity contribution is 5.29. The van der Waals surface area contributed by atoms with Crippen LogP contribution in [0.4, 0.5) is 0 Å². The zero-order valence-corrected chi connectivity index (χ0v) is 12.5. The minimum absolute atomic E-state index is 0.228. The van der Waals surface area contributed by atoms with E-state index in [1.165, 1.54) is 30.5 Å². The van der Waals surface area contributed by atoms with Crippen LogP contribution in [-0.4, -0.2) is 9.67 Å². The molecule has 2 heteroatoms. The SMILES string of the molecule is CC1CCC(Cn2ccc3c2CC(C)(C)CC3O)C1. The van der Waals surface area contributed by atoms with Gasteiger partial charge in [0.05, 0.1) is 6.10 Å². The third-order valence-electron chi connectivity index (χ3n) is 5.12. The minimum atomic E-state index is -0.262. The molecule has 3 unspecified atom stereocenters. The van der Waals surface area contributed by atoms with Gasteiger partial charge in [0, 0.05) is 24.0 Å². The molecular weight excluding hydrogens is 234 g/mol. The number of nitrogens with zero attached hydrogens (tertiary/aromatic N) is 1. The lowest BCUT2D eigenvalue weighted by Gasteiger charge is -2.34. The van der Waals surface area contributed by atoms with Crippen LogP contribution < -0.4 is 0 Å². The third-order valence-corrected chi connectivity index (χ3v) is 5.12. The molecule has 1 N–H and O–H groups in total. The Kier molecular flexibility index (Phi) is 3.24. The summed E-state index contributed by atoms with van der Waals surface area (Å²) in [5.41, 5.74) is 2.81. The summed E-state index contributed by atoms with van der Waals surface area (Å²) in [4.78, 5) is 0. The number of aromatic nitrogens is 1. The van der Waals surface area contributed by atoms with Gasteiger partial charge in [-0.05, 0) is 49.0 Å². The summed E-state index contributed by atoms with van der Waals surface area (Å²) in [5.74, 6) is 1.74. The molecule has 0 aromatic carbocycles. The fourth-order valence-electron chi connectivity index (χ4n) is 4.13. The second-order valence-corrected chi connectivity index (χ2v) is 7.72. The van der Waals surface area contributed by atoms with Crippen LogP contribution in [0.1, 0.15) is 63.8 Å². The molecule has 1 heterocycles. The van der Waals surface area contributed by atoms with Crippen molar-refractivity contribution in [2.24, 2.45) is 17.3 Å². The number of hydrogen-bond donors (Lipinski definition) is 1. The lowest BCUT2D eigenvalue weighted by atomic mass is 9.75. The average molecular weight is 261 g/mol. The summed E-state index contributed by atoms with van der Waals surface area (Å²) < 4.78 is 2.43. The fraction of sp³-hybridized carbons (Fsp3) is 0.765. The molecule has 1 fully saturated rings. The maximum atomic E-state index is 10.3. The van der Waals surface area contributed by atoms with Crippen molar-refractivity contribution in [2.45, 2.75) is 65.5 Å². The lowest BCUT2D eigenvalue weighted by Crippen LogP contribution is -2.27. The number of aliphatic hydroxyl groups excluding tert-OH is 1. The zero-order chi connectivity index (χ0) is 13.6. The van der Waals surface area contributed by atoms with Gasteiger partial charge in [-0.1, -0.05) is 27.2 Å². The molecule has 0 bridgehead atoms. The number of aliphatic hydroxyl groups is 1. The Balaban J connectivity index is 1.81. The molecule has 19 heavy (non-hydrogen) atoms. The second-order valence-electron chi connectivity index (χ2n) is 7.72. The molecule has 2 aliphatic carbocycles. The van der Waals surface area contributed by atoms with Crippen LogP contribution in [0.15, 0.2) is 12.3 Å². The molecule has 0 radical (unpaired) electrons. The Hall–Kier alpha value is -0.760. The van der Waals surface area contributed by atoms with Crippen LogP contribution in [0, 0.1) is 17.3 Å². The topological polar surface area (TPSA) is 25.2 Å². The van der Waals surface area contributed by atoms with Gasteiger partial charge in [0.1, 0.15) is 0 Å². The molecule has 1 aromatic heterocycles. The van der Waals surface area contributed by atoms with Crippen molar-refractivity contribution in [1.29, 1.82) is 0 Å². The zero-order valence-electron chi connectivity index (χ0n) is 12.5. The normalized spacial score (nSPS) is 33.4. The van der Waals surface area contributed by atoms with E-state index in [4.69, 9.17) is 0 Å². The number of fused-ring (bicyclic) bond motifs is 1. The highest BCUT2D eigenvalue weighted by Crippen LogP contribution is 2.42. The van der Waals surface area contributed by atoms with E-state index in [0.717, 1.165) is 31.2 Å². The predicted molar refractivity (Wildman–Crippen MR) is 78.0 cm³/mol. The van der Waals surface area contributed by atoms with E-state index in [1.54, 1.807) is 0 Å². The molecule has 3 atom stereocenters. The van der Waals surface area contributed by atoms with Crippen molar-refractivity contribution in [3.8, 4) is 0 Å². The van der Waals surface area contributed by atoms with Gasteiger partial charge in [-0.15, -0.1) is 0 Å². The Morgan fingerprint density at radius 2 is 2.16 bits per heavy atom. The summed E-state index contributed by atoms with van der Waals surface area (Å²) in [6, 6.07) is 2.15. The summed E-state index contributed by atoms with van der Waals surface area (Å²) in [6.45, 7) is 8.07. The van der Waals surface area contributed by atoms with Crippen LogP contribution in [0.3, 0.4) is 0 Å². The van der Waals surface area contributed by atoms with Gasteiger partial charge >= 0.3 is 0 Å². The summed E-state index contributed by atoms with van der Waals surface area (Å²) >= 11 is 0. The number of hydrogen-bond acceptors (Lipinski definition) is 1. The Morgan fingerprint density at radius 1 is 1.37 bits per heavy atom. The van der Waals surface area contributed by atoms with E-state index < -0.39 is 0 Å². The molecule has 1 aromatic rings. The van der Waals surface area contributed by atoms with Gasteiger partial charge in [0.25, 0.3) is 0 Å². The van der Waals surface area contributed by atoms with Crippen molar-refractivity contribution in [2.75, 3.05) is 0 Å². The summed E-state index contributed by atoms with van der Waals surface area (Å²) in [6.07, 6.45) is 8.08. The maximum absolute atomic E-state index is 10.3. The molecule has 3 rings (SSSR count). The van der Waals surface area contributed by atoms with Crippen molar-refractivity contribution in [1.82, 2.24) is 4.57 Å². The standard InChI is InChI=1S/C17H27NO/c1-12-4-5-13(8-12)11-18-7-6-14-15(18)9-17(2,3)10-16(14)19/h6-7,12-13,16,19H,4-5,8-11H2,1-3H3. The fourth-order valence-corrected chi connectivity index (χ4v) is 4.13. The molecule has 2 nitrogen and oxygen atoms in total. The van der Waals surface area contributed by atoms with Crippen molar-refractivity contribution >= 4 is 0 Å². The van der Waals surface area contributed by atoms with E-state index in [2.05, 4.69) is 37.6 Å². The molecule has 0 aliphatic heterocycles. The van der Waals surface area contributed by atoms with Gasteiger partial charge in [-0.2, -0.15) is 0 Å². The van der Waals surface area contributed by atoms with Crippen LogP contribution >= 0.6 is 0 Å². The van der Waals surface area contributed by atoms with Crippen LogP contribution in [-0.2, 0) is 13.0 Å². The van der Waals surface area contributed by atoms with E-state index >= 15 is 0 Å². The van der Waals surface area contributed by atoms with Crippen LogP contribution in [0.5, 0.6) is 0 Å². The minimum Gasteiger partial charge on any atom is -0.388 e. The van der Waals surface area contributed by atoms with Gasteiger partial charge in [0.2, 0.25) is 0 Å². The molecule has 0 spiro atoms. The smallest absolute Gasteiger partial charge is 0.0812 e. The Bertz CT molecular complexity index is 460. The third kappa shape index (κ3) is 2.60. The average Bonchev–Trinajstić information content (AvgIpc) is 2.86. The van der Waals surface area contributed by atoms with Crippen molar-refractivity contribution < 1.29 is 5.11 Å². The first-order valence-corrected chi connectivity index (χ1v) is 7.80. The lowest BCUT2D eigenvalue weighted by molar-refractivity contribution is 0.0976. The highest BCUT2D eigenvalue weighted by Gasteiger charge is 2.33. The quantitative estimate of drug-likeness (QED) is 0.857. The van der Waals surface area contributed by atoms with Crippen molar-refractivity contribution in [3.63, 3.8) is 0 Å². The number of rotatable bonds is 2. The van der Waals surface area contributed by atoms with Crippen LogP contribution in [0.25, 0.3) is 0 Å².